The van der Waals surface area contributed by atoms with E-state index < -0.39 is 0 Å². The molecule has 0 amide bonds. The maximum atomic E-state index is 6.10. The molecule has 0 atom stereocenters. The van der Waals surface area contributed by atoms with Crippen molar-refractivity contribution >= 4 is 40.1 Å². The number of aromatic amines is 1. The zero-order chi connectivity index (χ0) is 13.4. The van der Waals surface area contributed by atoms with Crippen molar-refractivity contribution in [1.29, 1.82) is 0 Å². The molecule has 3 N–H and O–H groups in total. The summed E-state index contributed by atoms with van der Waals surface area (Å²) in [7, 11) is 0. The lowest BCUT2D eigenvalue weighted by atomic mass is 10.2. The molecule has 4 nitrogen and oxygen atoms in total. The highest BCUT2D eigenvalue weighted by Crippen LogP contribution is 2.31. The standard InChI is InChI=1S/C13H11ClN4S/c1-7-2-3-10-11(4-7)18-13(17-10)19-12-9(14)5-8(15)6-16-12/h2-6H,15H2,1H3,(H,17,18). The number of aromatic nitrogens is 3. The smallest absolute Gasteiger partial charge is 0.172 e. The van der Waals surface area contributed by atoms with Gasteiger partial charge in [-0.25, -0.2) is 9.97 Å². The normalized spacial score (nSPS) is 11.1. The highest BCUT2D eigenvalue weighted by atomic mass is 35.5. The molecule has 0 fully saturated rings. The van der Waals surface area contributed by atoms with E-state index in [0.29, 0.717) is 15.7 Å². The van der Waals surface area contributed by atoms with Gasteiger partial charge >= 0.3 is 0 Å². The minimum atomic E-state index is 0.529. The van der Waals surface area contributed by atoms with Crippen molar-refractivity contribution in [2.75, 3.05) is 5.73 Å². The number of fused-ring (bicyclic) bond motifs is 1. The molecular weight excluding hydrogens is 280 g/mol. The van der Waals surface area contributed by atoms with E-state index in [1.54, 1.807) is 12.3 Å². The average Bonchev–Trinajstić information content (AvgIpc) is 2.74. The number of halogens is 1. The first-order valence-corrected chi connectivity index (χ1v) is 6.86. The van der Waals surface area contributed by atoms with Crippen LogP contribution in [-0.2, 0) is 0 Å². The second-order valence-electron chi connectivity index (χ2n) is 4.22. The highest BCUT2D eigenvalue weighted by Gasteiger charge is 2.09. The fourth-order valence-electron chi connectivity index (χ4n) is 1.76. The summed E-state index contributed by atoms with van der Waals surface area (Å²) < 4.78 is 0. The number of H-pyrrole nitrogens is 1. The lowest BCUT2D eigenvalue weighted by molar-refractivity contribution is 1.06. The molecule has 96 valence electrons. The van der Waals surface area contributed by atoms with Crippen molar-refractivity contribution in [3.05, 3.63) is 41.0 Å². The van der Waals surface area contributed by atoms with Crippen molar-refractivity contribution < 1.29 is 0 Å². The fourth-order valence-corrected chi connectivity index (χ4v) is 2.80. The Hall–Kier alpha value is -1.72. The van der Waals surface area contributed by atoms with Crippen LogP contribution in [0.25, 0.3) is 11.0 Å². The lowest BCUT2D eigenvalue weighted by Gasteiger charge is -2.00. The molecule has 0 aliphatic rings. The second kappa shape index (κ2) is 4.75. The third kappa shape index (κ3) is 2.52. The number of rotatable bonds is 2. The molecule has 0 saturated heterocycles. The van der Waals surface area contributed by atoms with Crippen molar-refractivity contribution in [2.45, 2.75) is 17.1 Å². The minimum absolute atomic E-state index is 0.529. The summed E-state index contributed by atoms with van der Waals surface area (Å²) in [5.41, 5.74) is 9.30. The second-order valence-corrected chi connectivity index (χ2v) is 5.60. The molecule has 0 aliphatic heterocycles. The van der Waals surface area contributed by atoms with Gasteiger partial charge in [-0.3, -0.25) is 0 Å². The van der Waals surface area contributed by atoms with Crippen LogP contribution in [0.5, 0.6) is 0 Å². The number of aryl methyl sites for hydroxylation is 1. The van der Waals surface area contributed by atoms with Crippen molar-refractivity contribution in [3.63, 3.8) is 0 Å². The molecule has 0 radical (unpaired) electrons. The van der Waals surface area contributed by atoms with E-state index in [4.69, 9.17) is 17.3 Å². The number of nitrogen functional groups attached to an aromatic ring is 1. The number of anilines is 1. The van der Waals surface area contributed by atoms with Gasteiger partial charge in [-0.2, -0.15) is 0 Å². The number of benzene rings is 1. The molecular formula is C13H11ClN4S. The van der Waals surface area contributed by atoms with Crippen LogP contribution in [-0.4, -0.2) is 15.0 Å². The van der Waals surface area contributed by atoms with Crippen LogP contribution in [0.2, 0.25) is 5.02 Å². The summed E-state index contributed by atoms with van der Waals surface area (Å²) in [6.45, 7) is 2.05. The van der Waals surface area contributed by atoms with Crippen LogP contribution in [0.1, 0.15) is 5.56 Å². The molecule has 0 saturated carbocycles. The third-order valence-corrected chi connectivity index (χ3v) is 3.94. The van der Waals surface area contributed by atoms with Crippen LogP contribution in [0.15, 0.2) is 40.6 Å². The first kappa shape index (κ1) is 12.3. The van der Waals surface area contributed by atoms with Gasteiger partial charge in [0.2, 0.25) is 0 Å². The van der Waals surface area contributed by atoms with Gasteiger partial charge in [0.15, 0.2) is 5.16 Å². The topological polar surface area (TPSA) is 67.6 Å². The van der Waals surface area contributed by atoms with Crippen LogP contribution < -0.4 is 5.73 Å². The van der Waals surface area contributed by atoms with E-state index in [2.05, 4.69) is 21.0 Å². The van der Waals surface area contributed by atoms with Gasteiger partial charge in [-0.05, 0) is 42.4 Å². The predicted molar refractivity (Wildman–Crippen MR) is 78.6 cm³/mol. The molecule has 3 aromatic rings. The Balaban J connectivity index is 1.96. The van der Waals surface area contributed by atoms with Gasteiger partial charge in [-0.15, -0.1) is 0 Å². The van der Waals surface area contributed by atoms with Gasteiger partial charge < -0.3 is 10.7 Å². The largest absolute Gasteiger partial charge is 0.397 e. The Kier molecular flexibility index (Phi) is 3.08. The van der Waals surface area contributed by atoms with Crippen molar-refractivity contribution in [3.8, 4) is 0 Å². The van der Waals surface area contributed by atoms with Crippen LogP contribution in [0.4, 0.5) is 5.69 Å². The van der Waals surface area contributed by atoms with Gasteiger partial charge in [0, 0.05) is 0 Å². The first-order valence-electron chi connectivity index (χ1n) is 5.67. The molecule has 19 heavy (non-hydrogen) atoms. The summed E-state index contributed by atoms with van der Waals surface area (Å²) in [6, 6.07) is 7.77. The van der Waals surface area contributed by atoms with E-state index in [9.17, 15) is 0 Å². The molecule has 2 heterocycles. The number of pyridine rings is 1. The third-order valence-electron chi connectivity index (χ3n) is 2.64. The molecule has 0 aliphatic carbocycles. The summed E-state index contributed by atoms with van der Waals surface area (Å²) in [4.78, 5) is 11.9. The highest BCUT2D eigenvalue weighted by molar-refractivity contribution is 7.99. The zero-order valence-electron chi connectivity index (χ0n) is 10.1. The minimum Gasteiger partial charge on any atom is -0.397 e. The van der Waals surface area contributed by atoms with Gasteiger partial charge in [0.1, 0.15) is 5.03 Å². The zero-order valence-corrected chi connectivity index (χ0v) is 11.7. The van der Waals surface area contributed by atoms with Gasteiger partial charge in [0.05, 0.1) is 27.9 Å². The first-order chi connectivity index (χ1) is 9.11. The Morgan fingerprint density at radius 2 is 2.16 bits per heavy atom. The number of hydrogen-bond donors (Lipinski definition) is 2. The number of nitrogens with zero attached hydrogens (tertiary/aromatic N) is 2. The molecule has 0 unspecified atom stereocenters. The molecule has 2 aromatic heterocycles. The monoisotopic (exact) mass is 290 g/mol. The van der Waals surface area contributed by atoms with E-state index in [-0.39, 0.29) is 0 Å². The maximum absolute atomic E-state index is 6.10. The van der Waals surface area contributed by atoms with Crippen molar-refractivity contribution in [1.82, 2.24) is 15.0 Å². The maximum Gasteiger partial charge on any atom is 0.172 e. The van der Waals surface area contributed by atoms with Gasteiger partial charge in [-0.1, -0.05) is 17.7 Å². The fraction of sp³-hybridized carbons (Fsp3) is 0.0769. The Labute approximate surface area is 119 Å². The molecule has 0 spiro atoms. The molecule has 0 bridgehead atoms. The number of nitrogens with two attached hydrogens (primary N) is 1. The number of imidazole rings is 1. The summed E-state index contributed by atoms with van der Waals surface area (Å²) in [6.07, 6.45) is 1.58. The van der Waals surface area contributed by atoms with Crippen LogP contribution in [0.3, 0.4) is 0 Å². The van der Waals surface area contributed by atoms with Crippen LogP contribution in [0, 0.1) is 6.92 Å². The Bertz CT molecular complexity index is 753. The molecule has 3 rings (SSSR count). The van der Waals surface area contributed by atoms with Crippen molar-refractivity contribution in [2.24, 2.45) is 0 Å². The number of nitrogens with one attached hydrogen (secondary N) is 1. The summed E-state index contributed by atoms with van der Waals surface area (Å²) >= 11 is 7.49. The number of hydrogen-bond acceptors (Lipinski definition) is 4. The summed E-state index contributed by atoms with van der Waals surface area (Å²) in [5, 5.41) is 1.98. The predicted octanol–water partition coefficient (Wildman–Crippen LogP) is 3.65. The lowest BCUT2D eigenvalue weighted by Crippen LogP contribution is -1.89. The van der Waals surface area contributed by atoms with Gasteiger partial charge in [0.25, 0.3) is 0 Å². The average molecular weight is 291 g/mol. The quantitative estimate of drug-likeness (QED) is 0.756. The van der Waals surface area contributed by atoms with E-state index >= 15 is 0 Å². The van der Waals surface area contributed by atoms with Crippen LogP contribution >= 0.6 is 23.4 Å². The summed E-state index contributed by atoms with van der Waals surface area (Å²) in [5.74, 6) is 0. The SMILES string of the molecule is Cc1ccc2nc(Sc3ncc(N)cc3Cl)[nH]c2c1. The van der Waals surface area contributed by atoms with E-state index in [1.165, 1.54) is 17.3 Å². The molecule has 1 aromatic carbocycles. The Morgan fingerprint density at radius 1 is 1.32 bits per heavy atom. The van der Waals surface area contributed by atoms with E-state index in [0.717, 1.165) is 16.2 Å². The van der Waals surface area contributed by atoms with E-state index in [1.807, 2.05) is 19.1 Å². The Morgan fingerprint density at radius 3 is 2.95 bits per heavy atom. The molecule has 6 heteroatoms.